The molecule has 172 valence electrons. The third-order valence-electron chi connectivity index (χ3n) is 6.29. The van der Waals surface area contributed by atoms with Gasteiger partial charge in [-0.2, -0.15) is 13.2 Å². The minimum atomic E-state index is -4.46. The molecule has 10 heteroatoms. The lowest BCUT2D eigenvalue weighted by Gasteiger charge is -2.40. The van der Waals surface area contributed by atoms with E-state index in [1.54, 1.807) is 11.1 Å². The lowest BCUT2D eigenvalue weighted by Crippen LogP contribution is -2.52. The molecule has 0 bridgehead atoms. The van der Waals surface area contributed by atoms with Crippen molar-refractivity contribution in [3.8, 4) is 0 Å². The summed E-state index contributed by atoms with van der Waals surface area (Å²) < 4.78 is 39.1. The zero-order valence-corrected chi connectivity index (χ0v) is 17.6. The van der Waals surface area contributed by atoms with Crippen LogP contribution in [0.25, 0.3) is 0 Å². The Labute approximate surface area is 184 Å². The van der Waals surface area contributed by atoms with Crippen molar-refractivity contribution in [2.75, 3.05) is 50.7 Å². The predicted octanol–water partition coefficient (Wildman–Crippen LogP) is 2.13. The Hall–Kier alpha value is -2.72. The maximum absolute atomic E-state index is 13.0. The number of piperidine rings is 1. The van der Waals surface area contributed by atoms with Crippen molar-refractivity contribution in [1.29, 1.82) is 0 Å². The van der Waals surface area contributed by atoms with Gasteiger partial charge in [-0.15, -0.1) is 0 Å². The van der Waals surface area contributed by atoms with Crippen molar-refractivity contribution in [1.82, 2.24) is 19.8 Å². The lowest BCUT2D eigenvalue weighted by atomic mass is 9.83. The van der Waals surface area contributed by atoms with E-state index in [2.05, 4.69) is 19.8 Å². The highest BCUT2D eigenvalue weighted by Crippen LogP contribution is 2.36. The number of carbonyl (C=O) groups excluding carboxylic acids is 1. The Bertz CT molecular complexity index is 925. The molecule has 1 aromatic carbocycles. The fraction of sp³-hybridized carbons (Fsp3) is 0.500. The lowest BCUT2D eigenvalue weighted by molar-refractivity contribution is -0.137. The van der Waals surface area contributed by atoms with Crippen molar-refractivity contribution >= 4 is 11.7 Å². The summed E-state index contributed by atoms with van der Waals surface area (Å²) in [5.41, 5.74) is -1.88. The van der Waals surface area contributed by atoms with Crippen LogP contribution < -0.4 is 4.90 Å². The molecule has 32 heavy (non-hydrogen) atoms. The van der Waals surface area contributed by atoms with Gasteiger partial charge in [0.05, 0.1) is 17.7 Å². The van der Waals surface area contributed by atoms with Crippen LogP contribution >= 0.6 is 0 Å². The van der Waals surface area contributed by atoms with Crippen LogP contribution in [-0.4, -0.2) is 76.6 Å². The number of hydrogen-bond donors (Lipinski definition) is 1. The summed E-state index contributed by atoms with van der Waals surface area (Å²) in [6.45, 7) is 3.91. The molecule has 3 heterocycles. The van der Waals surface area contributed by atoms with Crippen LogP contribution in [-0.2, 0) is 16.6 Å². The van der Waals surface area contributed by atoms with E-state index in [1.807, 2.05) is 6.07 Å². The van der Waals surface area contributed by atoms with Crippen LogP contribution in [0.1, 0.15) is 24.0 Å². The quantitative estimate of drug-likeness (QED) is 0.771. The van der Waals surface area contributed by atoms with Gasteiger partial charge in [-0.25, -0.2) is 9.97 Å². The number of nitrogens with zero attached hydrogens (tertiary/aromatic N) is 5. The summed E-state index contributed by atoms with van der Waals surface area (Å²) in [7, 11) is 0. The minimum Gasteiger partial charge on any atom is -0.385 e. The standard InChI is InChI=1S/C22H26F3N5O2/c23-22(24,25)18-3-1-2-17(14-18)21(32)5-8-30(9-6-21)20(31)15-28-10-12-29(13-11-28)19-4-7-26-16-27-19/h1-4,7,14,16,32H,5-6,8-13,15H2. The van der Waals surface area contributed by atoms with Crippen LogP contribution in [0.2, 0.25) is 0 Å². The molecule has 2 fully saturated rings. The maximum Gasteiger partial charge on any atom is 0.416 e. The van der Waals surface area contributed by atoms with E-state index >= 15 is 0 Å². The van der Waals surface area contributed by atoms with Gasteiger partial charge in [-0.05, 0) is 36.6 Å². The van der Waals surface area contributed by atoms with Gasteiger partial charge in [-0.1, -0.05) is 12.1 Å². The van der Waals surface area contributed by atoms with Gasteiger partial charge in [-0.3, -0.25) is 9.69 Å². The van der Waals surface area contributed by atoms with Crippen molar-refractivity contribution in [3.05, 3.63) is 54.0 Å². The number of amides is 1. The van der Waals surface area contributed by atoms with Crippen molar-refractivity contribution in [3.63, 3.8) is 0 Å². The molecule has 0 aliphatic carbocycles. The van der Waals surface area contributed by atoms with E-state index in [4.69, 9.17) is 0 Å². The highest BCUT2D eigenvalue weighted by molar-refractivity contribution is 5.78. The first-order valence-electron chi connectivity index (χ1n) is 10.7. The Morgan fingerprint density at radius 3 is 2.41 bits per heavy atom. The predicted molar refractivity (Wildman–Crippen MR) is 112 cm³/mol. The topological polar surface area (TPSA) is 72.8 Å². The molecule has 1 amide bonds. The summed E-state index contributed by atoms with van der Waals surface area (Å²) in [6.07, 6.45) is -0.819. The number of likely N-dealkylation sites (tertiary alicyclic amines) is 1. The number of carbonyl (C=O) groups is 1. The molecule has 2 aromatic rings. The summed E-state index contributed by atoms with van der Waals surface area (Å²) in [6, 6.07) is 6.70. The first kappa shape index (κ1) is 22.5. The number of hydrogen-bond acceptors (Lipinski definition) is 6. The molecule has 4 rings (SSSR count). The van der Waals surface area contributed by atoms with Crippen molar-refractivity contribution < 1.29 is 23.1 Å². The van der Waals surface area contributed by atoms with E-state index in [0.29, 0.717) is 19.6 Å². The Morgan fingerprint density at radius 1 is 1.06 bits per heavy atom. The van der Waals surface area contributed by atoms with Crippen LogP contribution in [0.3, 0.4) is 0 Å². The van der Waals surface area contributed by atoms with Gasteiger partial charge in [0.25, 0.3) is 0 Å². The Morgan fingerprint density at radius 2 is 1.78 bits per heavy atom. The molecule has 0 saturated carbocycles. The Balaban J connectivity index is 1.29. The van der Waals surface area contributed by atoms with Gasteiger partial charge in [0.2, 0.25) is 5.91 Å². The summed E-state index contributed by atoms with van der Waals surface area (Å²) in [5, 5.41) is 11.0. The molecule has 7 nitrogen and oxygen atoms in total. The van der Waals surface area contributed by atoms with Crippen LogP contribution in [0, 0.1) is 0 Å². The van der Waals surface area contributed by atoms with E-state index in [-0.39, 0.29) is 24.3 Å². The molecule has 2 aliphatic rings. The SMILES string of the molecule is O=C(CN1CCN(c2ccncn2)CC1)N1CCC(O)(c2cccc(C(F)(F)F)c2)CC1. The third kappa shape index (κ3) is 5.02. The van der Waals surface area contributed by atoms with E-state index in [0.717, 1.165) is 44.1 Å². The molecule has 2 aliphatic heterocycles. The van der Waals surface area contributed by atoms with E-state index in [1.165, 1.54) is 18.5 Å². The highest BCUT2D eigenvalue weighted by atomic mass is 19.4. The number of benzene rings is 1. The summed E-state index contributed by atoms with van der Waals surface area (Å²) in [4.78, 5) is 26.9. The number of rotatable bonds is 4. The van der Waals surface area contributed by atoms with Crippen molar-refractivity contribution in [2.45, 2.75) is 24.6 Å². The first-order chi connectivity index (χ1) is 15.2. The second kappa shape index (κ2) is 9.03. The number of alkyl halides is 3. The summed E-state index contributed by atoms with van der Waals surface area (Å²) in [5.74, 6) is 0.850. The zero-order valence-electron chi connectivity index (χ0n) is 17.6. The largest absolute Gasteiger partial charge is 0.416 e. The highest BCUT2D eigenvalue weighted by Gasteiger charge is 2.38. The fourth-order valence-electron chi connectivity index (χ4n) is 4.30. The number of anilines is 1. The van der Waals surface area contributed by atoms with Gasteiger partial charge in [0.1, 0.15) is 12.1 Å². The number of halogens is 3. The molecule has 0 atom stereocenters. The average Bonchev–Trinajstić information content (AvgIpc) is 2.80. The van der Waals surface area contributed by atoms with E-state index < -0.39 is 17.3 Å². The molecular weight excluding hydrogens is 423 g/mol. The van der Waals surface area contributed by atoms with Gasteiger partial charge in [0.15, 0.2) is 0 Å². The van der Waals surface area contributed by atoms with Crippen LogP contribution in [0.4, 0.5) is 19.0 Å². The van der Waals surface area contributed by atoms with Gasteiger partial charge >= 0.3 is 6.18 Å². The molecule has 0 radical (unpaired) electrons. The van der Waals surface area contributed by atoms with Crippen LogP contribution in [0.5, 0.6) is 0 Å². The number of aromatic nitrogens is 2. The smallest absolute Gasteiger partial charge is 0.385 e. The molecule has 1 aromatic heterocycles. The summed E-state index contributed by atoms with van der Waals surface area (Å²) >= 11 is 0. The maximum atomic E-state index is 13.0. The minimum absolute atomic E-state index is 0.0217. The molecule has 0 spiro atoms. The van der Waals surface area contributed by atoms with Gasteiger partial charge < -0.3 is 14.9 Å². The molecular formula is C22H26F3N5O2. The van der Waals surface area contributed by atoms with Crippen molar-refractivity contribution in [2.24, 2.45) is 0 Å². The first-order valence-corrected chi connectivity index (χ1v) is 10.7. The molecule has 0 unspecified atom stereocenters. The van der Waals surface area contributed by atoms with Crippen LogP contribution in [0.15, 0.2) is 42.9 Å². The second-order valence-corrected chi connectivity index (χ2v) is 8.32. The third-order valence-corrected chi connectivity index (χ3v) is 6.29. The number of aliphatic hydroxyl groups is 1. The number of piperazine rings is 1. The average molecular weight is 449 g/mol. The fourth-order valence-corrected chi connectivity index (χ4v) is 4.30. The van der Waals surface area contributed by atoms with E-state index in [9.17, 15) is 23.1 Å². The second-order valence-electron chi connectivity index (χ2n) is 8.32. The monoisotopic (exact) mass is 449 g/mol. The zero-order chi connectivity index (χ0) is 22.8. The normalized spacial score (nSPS) is 19.8. The Kier molecular flexibility index (Phi) is 6.34. The molecule has 1 N–H and O–H groups in total. The van der Waals surface area contributed by atoms with Gasteiger partial charge in [0, 0.05) is 45.5 Å². The molecule has 2 saturated heterocycles.